The summed E-state index contributed by atoms with van der Waals surface area (Å²) in [5.74, 6) is -0.0277. The molecule has 0 saturated heterocycles. The first-order valence-corrected chi connectivity index (χ1v) is 9.76. The number of nitrogens with zero attached hydrogens (tertiary/aromatic N) is 1. The van der Waals surface area contributed by atoms with Crippen molar-refractivity contribution in [3.05, 3.63) is 70.8 Å². The minimum absolute atomic E-state index is 0.130. The van der Waals surface area contributed by atoms with Crippen LogP contribution in [0.1, 0.15) is 42.5 Å². The smallest absolute Gasteiger partial charge is 0.306 e. The molecule has 0 aliphatic carbocycles. The van der Waals surface area contributed by atoms with Gasteiger partial charge in [-0.2, -0.15) is 0 Å². The lowest BCUT2D eigenvalue weighted by molar-refractivity contribution is -0.168. The molecular weight excluding hydrogens is 334 g/mol. The first-order valence-electron chi connectivity index (χ1n) is 9.76. The van der Waals surface area contributed by atoms with Gasteiger partial charge in [0, 0.05) is 25.3 Å². The molecule has 146 valence electrons. The van der Waals surface area contributed by atoms with Crippen LogP contribution in [0.25, 0.3) is 0 Å². The number of rotatable bonds is 8. The lowest BCUT2D eigenvalue weighted by atomic mass is 9.76. The van der Waals surface area contributed by atoms with Crippen LogP contribution in [0.4, 0.5) is 0 Å². The average molecular weight is 368 g/mol. The van der Waals surface area contributed by atoms with E-state index in [-0.39, 0.29) is 11.9 Å². The third-order valence-corrected chi connectivity index (χ3v) is 5.08. The largest absolute Gasteiger partial charge is 0.453 e. The summed E-state index contributed by atoms with van der Waals surface area (Å²) in [5.41, 5.74) is 3.95. The summed E-state index contributed by atoms with van der Waals surface area (Å²) in [5, 5.41) is 0. The Morgan fingerprint density at radius 3 is 2.26 bits per heavy atom. The predicted octanol–water partition coefficient (Wildman–Crippen LogP) is 4.89. The van der Waals surface area contributed by atoms with Crippen molar-refractivity contribution in [3.8, 4) is 0 Å². The maximum atomic E-state index is 12.5. The van der Waals surface area contributed by atoms with E-state index < -0.39 is 5.60 Å². The molecule has 2 atom stereocenters. The van der Waals surface area contributed by atoms with E-state index in [4.69, 9.17) is 4.74 Å². The summed E-state index contributed by atoms with van der Waals surface area (Å²) in [4.78, 5) is 14.7. The van der Waals surface area contributed by atoms with Crippen LogP contribution in [-0.2, 0) is 21.6 Å². The molecule has 0 saturated carbocycles. The van der Waals surface area contributed by atoms with Gasteiger partial charge < -0.3 is 9.64 Å². The van der Waals surface area contributed by atoms with Gasteiger partial charge in [0.2, 0.25) is 0 Å². The molecule has 0 N–H and O–H groups in total. The molecule has 0 aromatic heterocycles. The van der Waals surface area contributed by atoms with Gasteiger partial charge >= 0.3 is 5.97 Å². The summed E-state index contributed by atoms with van der Waals surface area (Å²) in [7, 11) is 4.12. The zero-order valence-electron chi connectivity index (χ0n) is 17.6. The maximum Gasteiger partial charge on any atom is 0.306 e. The van der Waals surface area contributed by atoms with Crippen LogP contribution in [0.5, 0.6) is 0 Å². The second kappa shape index (κ2) is 9.18. The Kier molecular flexibility index (Phi) is 7.20. The van der Waals surface area contributed by atoms with Gasteiger partial charge in [-0.1, -0.05) is 73.5 Å². The third kappa shape index (κ3) is 5.43. The van der Waals surface area contributed by atoms with Gasteiger partial charge in [-0.25, -0.2) is 0 Å². The number of carbonyl (C=O) groups is 1. The first-order chi connectivity index (χ1) is 12.8. The van der Waals surface area contributed by atoms with Crippen LogP contribution in [0.15, 0.2) is 48.5 Å². The third-order valence-electron chi connectivity index (χ3n) is 5.08. The predicted molar refractivity (Wildman–Crippen MR) is 112 cm³/mol. The maximum absolute atomic E-state index is 12.5. The molecular formula is C24H33NO2. The molecule has 0 aliphatic rings. The highest BCUT2D eigenvalue weighted by Crippen LogP contribution is 2.39. The number of aryl methyl sites for hydroxylation is 2. The standard InChI is InChI=1S/C24H33NO2/c1-7-23(26)27-24(20(4)17-25(5)6,22-13-9-11-19(3)15-22)16-21-12-8-10-18(2)14-21/h8-15,20H,7,16-17H2,1-6H3/t20-,24?/m0/s1. The quantitative estimate of drug-likeness (QED) is 0.622. The molecule has 0 aliphatic heterocycles. The highest BCUT2D eigenvalue weighted by molar-refractivity contribution is 5.70. The van der Waals surface area contributed by atoms with E-state index in [1.807, 2.05) is 6.92 Å². The Labute approximate surface area is 164 Å². The Morgan fingerprint density at radius 2 is 1.70 bits per heavy atom. The van der Waals surface area contributed by atoms with E-state index in [0.717, 1.165) is 12.1 Å². The van der Waals surface area contributed by atoms with E-state index in [1.165, 1.54) is 16.7 Å². The number of hydrogen-bond acceptors (Lipinski definition) is 3. The SMILES string of the molecule is CCC(=O)OC(Cc1cccc(C)c1)(c1cccc(C)c1)[C@@H](C)CN(C)C. The molecule has 27 heavy (non-hydrogen) atoms. The van der Waals surface area contributed by atoms with Crippen molar-refractivity contribution in [3.63, 3.8) is 0 Å². The number of esters is 1. The summed E-state index contributed by atoms with van der Waals surface area (Å²) in [6.07, 6.45) is 1.04. The number of hydrogen-bond donors (Lipinski definition) is 0. The minimum Gasteiger partial charge on any atom is -0.453 e. The second-order valence-corrected chi connectivity index (χ2v) is 7.92. The lowest BCUT2D eigenvalue weighted by Crippen LogP contribution is -2.45. The molecule has 0 fully saturated rings. The Balaban J connectivity index is 2.61. The molecule has 2 aromatic carbocycles. The van der Waals surface area contributed by atoms with Crippen molar-refractivity contribution in [1.29, 1.82) is 0 Å². The van der Waals surface area contributed by atoms with Gasteiger partial charge in [0.25, 0.3) is 0 Å². The molecule has 0 bridgehead atoms. The molecule has 1 unspecified atom stereocenters. The number of benzene rings is 2. The summed E-state index contributed by atoms with van der Waals surface area (Å²) < 4.78 is 6.27. The zero-order valence-corrected chi connectivity index (χ0v) is 17.6. The van der Waals surface area contributed by atoms with Crippen molar-refractivity contribution in [2.75, 3.05) is 20.6 Å². The van der Waals surface area contributed by atoms with Crippen LogP contribution in [0.2, 0.25) is 0 Å². The van der Waals surface area contributed by atoms with E-state index >= 15 is 0 Å². The Bertz CT molecular complexity index is 768. The monoisotopic (exact) mass is 367 g/mol. The van der Waals surface area contributed by atoms with Crippen molar-refractivity contribution >= 4 is 5.97 Å². The molecule has 3 heteroatoms. The van der Waals surface area contributed by atoms with Gasteiger partial charge in [0.05, 0.1) is 0 Å². The van der Waals surface area contributed by atoms with Gasteiger partial charge in [0.15, 0.2) is 0 Å². The number of ether oxygens (including phenoxy) is 1. The summed E-state index contributed by atoms with van der Waals surface area (Å²) in [6.45, 7) is 9.04. The fraction of sp³-hybridized carbons (Fsp3) is 0.458. The van der Waals surface area contributed by atoms with Gasteiger partial charge in [-0.15, -0.1) is 0 Å². The van der Waals surface area contributed by atoms with Crippen LogP contribution in [0, 0.1) is 19.8 Å². The summed E-state index contributed by atoms with van der Waals surface area (Å²) in [6, 6.07) is 16.9. The molecule has 2 rings (SSSR count). The topological polar surface area (TPSA) is 29.5 Å². The van der Waals surface area contributed by atoms with Crippen LogP contribution >= 0.6 is 0 Å². The van der Waals surface area contributed by atoms with E-state index in [2.05, 4.69) is 88.3 Å². The highest BCUT2D eigenvalue weighted by Gasteiger charge is 2.42. The van der Waals surface area contributed by atoms with Crippen molar-refractivity contribution < 1.29 is 9.53 Å². The van der Waals surface area contributed by atoms with E-state index in [9.17, 15) is 4.79 Å². The molecule has 0 heterocycles. The zero-order chi connectivity index (χ0) is 20.0. The molecule has 0 radical (unpaired) electrons. The van der Waals surface area contributed by atoms with Gasteiger partial charge in [0.1, 0.15) is 5.60 Å². The first kappa shape index (κ1) is 21.2. The van der Waals surface area contributed by atoms with E-state index in [1.54, 1.807) is 0 Å². The molecule has 2 aromatic rings. The van der Waals surface area contributed by atoms with Crippen molar-refractivity contribution in [1.82, 2.24) is 4.90 Å². The highest BCUT2D eigenvalue weighted by atomic mass is 16.6. The van der Waals surface area contributed by atoms with Crippen LogP contribution in [0.3, 0.4) is 0 Å². The van der Waals surface area contributed by atoms with Crippen LogP contribution < -0.4 is 0 Å². The Morgan fingerprint density at radius 1 is 1.07 bits per heavy atom. The Hall–Kier alpha value is -2.13. The van der Waals surface area contributed by atoms with Crippen molar-refractivity contribution in [2.45, 2.75) is 46.1 Å². The molecule has 3 nitrogen and oxygen atoms in total. The fourth-order valence-corrected chi connectivity index (χ4v) is 3.76. The second-order valence-electron chi connectivity index (χ2n) is 7.92. The van der Waals surface area contributed by atoms with Gasteiger partial charge in [-0.05, 0) is 39.1 Å². The normalized spacial score (nSPS) is 14.6. The summed E-state index contributed by atoms with van der Waals surface area (Å²) >= 11 is 0. The molecule has 0 amide bonds. The fourth-order valence-electron chi connectivity index (χ4n) is 3.76. The van der Waals surface area contributed by atoms with Gasteiger partial charge in [-0.3, -0.25) is 4.79 Å². The lowest BCUT2D eigenvalue weighted by Gasteiger charge is -2.40. The van der Waals surface area contributed by atoms with Crippen LogP contribution in [-0.4, -0.2) is 31.5 Å². The minimum atomic E-state index is -0.697. The number of carbonyl (C=O) groups excluding carboxylic acids is 1. The molecule has 0 spiro atoms. The van der Waals surface area contributed by atoms with Crippen molar-refractivity contribution in [2.24, 2.45) is 5.92 Å². The average Bonchev–Trinajstić information content (AvgIpc) is 2.60. The van der Waals surface area contributed by atoms with E-state index in [0.29, 0.717) is 12.8 Å².